The second kappa shape index (κ2) is 10.8. The largest absolute Gasteiger partial charge is 0.411 e. The highest BCUT2D eigenvalue weighted by atomic mass is 79.9. The molecule has 1 aliphatic rings. The predicted molar refractivity (Wildman–Crippen MR) is 141 cm³/mol. The fraction of sp³-hybridized carbons (Fsp3) is 0.360. The topological polar surface area (TPSA) is 91.6 Å². The van der Waals surface area contributed by atoms with Gasteiger partial charge in [-0.3, -0.25) is 9.59 Å². The van der Waals surface area contributed by atoms with Crippen LogP contribution >= 0.6 is 27.7 Å². The van der Waals surface area contributed by atoms with E-state index in [-0.39, 0.29) is 23.0 Å². The van der Waals surface area contributed by atoms with E-state index in [4.69, 9.17) is 4.42 Å². The van der Waals surface area contributed by atoms with Gasteiger partial charge < -0.3 is 19.5 Å². The molecule has 0 bridgehead atoms. The zero-order valence-corrected chi connectivity index (χ0v) is 22.4. The molecule has 35 heavy (non-hydrogen) atoms. The third kappa shape index (κ3) is 6.43. The van der Waals surface area contributed by atoms with Crippen molar-refractivity contribution in [3.63, 3.8) is 0 Å². The smallest absolute Gasteiger partial charge is 0.277 e. The highest BCUT2D eigenvalue weighted by molar-refractivity contribution is 9.10. The number of hydrogen-bond acceptors (Lipinski definition) is 7. The summed E-state index contributed by atoms with van der Waals surface area (Å²) in [7, 11) is 0. The highest BCUT2D eigenvalue weighted by Crippen LogP contribution is 2.29. The summed E-state index contributed by atoms with van der Waals surface area (Å²) in [6.45, 7) is 8.86. The molecule has 1 aromatic heterocycles. The number of hydrogen-bond donors (Lipinski definition) is 1. The Morgan fingerprint density at radius 1 is 1.03 bits per heavy atom. The maximum absolute atomic E-state index is 12.5. The van der Waals surface area contributed by atoms with Gasteiger partial charge in [-0.15, -0.1) is 10.2 Å². The van der Waals surface area contributed by atoms with Crippen LogP contribution in [0.2, 0.25) is 0 Å². The minimum atomic E-state index is -0.356. The van der Waals surface area contributed by atoms with Crippen LogP contribution in [0.15, 0.2) is 62.6 Å². The SMILES string of the molecule is CC(C)(C)C(=O)N1CCN(c2ccc(NC(=O)CSc3nnc(-c4ccccc4Br)o3)cc2)CC1. The van der Waals surface area contributed by atoms with E-state index in [2.05, 4.69) is 36.3 Å². The zero-order valence-electron chi connectivity index (χ0n) is 20.0. The molecule has 0 spiro atoms. The van der Waals surface area contributed by atoms with Crippen molar-refractivity contribution in [3.05, 3.63) is 53.0 Å². The Morgan fingerprint density at radius 2 is 1.71 bits per heavy atom. The van der Waals surface area contributed by atoms with Gasteiger partial charge in [0.1, 0.15) is 0 Å². The number of benzene rings is 2. The first-order chi connectivity index (χ1) is 16.7. The quantitative estimate of drug-likeness (QED) is 0.430. The molecule has 10 heteroatoms. The van der Waals surface area contributed by atoms with Crippen molar-refractivity contribution in [2.24, 2.45) is 5.41 Å². The average molecular weight is 559 g/mol. The number of carbonyl (C=O) groups is 2. The molecule has 1 N–H and O–H groups in total. The molecule has 8 nitrogen and oxygen atoms in total. The van der Waals surface area contributed by atoms with Gasteiger partial charge in [0.25, 0.3) is 5.22 Å². The van der Waals surface area contributed by atoms with Gasteiger partial charge in [0.2, 0.25) is 17.7 Å². The number of amides is 2. The molecule has 0 radical (unpaired) electrons. The van der Waals surface area contributed by atoms with Crippen LogP contribution in [0, 0.1) is 5.41 Å². The van der Waals surface area contributed by atoms with Gasteiger partial charge >= 0.3 is 0 Å². The molecule has 2 amide bonds. The molecule has 0 aliphatic carbocycles. The van der Waals surface area contributed by atoms with Gasteiger partial charge in [0.15, 0.2) is 0 Å². The maximum atomic E-state index is 12.5. The van der Waals surface area contributed by atoms with E-state index in [1.54, 1.807) is 0 Å². The normalized spacial score (nSPS) is 14.2. The lowest BCUT2D eigenvalue weighted by molar-refractivity contribution is -0.139. The van der Waals surface area contributed by atoms with E-state index in [1.807, 2.05) is 74.2 Å². The number of carbonyl (C=O) groups excluding carboxylic acids is 2. The number of anilines is 2. The molecule has 4 rings (SSSR count). The van der Waals surface area contributed by atoms with Crippen LogP contribution in [0.3, 0.4) is 0 Å². The van der Waals surface area contributed by atoms with Gasteiger partial charge in [-0.1, -0.05) is 44.7 Å². The Balaban J connectivity index is 1.25. The van der Waals surface area contributed by atoms with Crippen LogP contribution in [0.25, 0.3) is 11.5 Å². The summed E-state index contributed by atoms with van der Waals surface area (Å²) in [6.07, 6.45) is 0. The highest BCUT2D eigenvalue weighted by Gasteiger charge is 2.29. The molecule has 184 valence electrons. The third-order valence-corrected chi connectivity index (χ3v) is 7.07. The van der Waals surface area contributed by atoms with E-state index in [0.717, 1.165) is 34.5 Å². The summed E-state index contributed by atoms with van der Waals surface area (Å²) in [6, 6.07) is 15.4. The second-order valence-electron chi connectivity index (χ2n) is 9.27. The molecule has 0 atom stereocenters. The average Bonchev–Trinajstić information content (AvgIpc) is 3.31. The zero-order chi connectivity index (χ0) is 25.0. The lowest BCUT2D eigenvalue weighted by atomic mass is 9.94. The first kappa shape index (κ1) is 25.2. The lowest BCUT2D eigenvalue weighted by Crippen LogP contribution is -2.51. The van der Waals surface area contributed by atoms with Gasteiger partial charge in [-0.05, 0) is 52.3 Å². The van der Waals surface area contributed by atoms with Crippen molar-refractivity contribution >= 4 is 50.9 Å². The van der Waals surface area contributed by atoms with Gasteiger partial charge in [-0.25, -0.2) is 0 Å². The summed E-state index contributed by atoms with van der Waals surface area (Å²) < 4.78 is 6.54. The standard InChI is InChI=1S/C25H28BrN5O3S/c1-25(2,3)23(33)31-14-12-30(13-15-31)18-10-8-17(9-11-18)27-21(32)16-35-24-29-28-22(34-24)19-6-4-5-7-20(19)26/h4-11H,12-16H2,1-3H3,(H,27,32). The molecule has 1 fully saturated rings. The Labute approximate surface area is 217 Å². The molecule has 0 unspecified atom stereocenters. The Kier molecular flexibility index (Phi) is 7.81. The van der Waals surface area contributed by atoms with Gasteiger partial charge in [-0.2, -0.15) is 0 Å². The fourth-order valence-electron chi connectivity index (χ4n) is 3.73. The van der Waals surface area contributed by atoms with E-state index < -0.39 is 0 Å². The molecular formula is C25H28BrN5O3S. The summed E-state index contributed by atoms with van der Waals surface area (Å²) in [4.78, 5) is 29.1. The van der Waals surface area contributed by atoms with Crippen LogP contribution < -0.4 is 10.2 Å². The first-order valence-corrected chi connectivity index (χ1v) is 13.1. The predicted octanol–water partition coefficient (Wildman–Crippen LogP) is 4.92. The summed E-state index contributed by atoms with van der Waals surface area (Å²) in [5.74, 6) is 0.596. The van der Waals surface area contributed by atoms with Gasteiger partial charge in [0.05, 0.1) is 11.3 Å². The van der Waals surface area contributed by atoms with Crippen molar-refractivity contribution in [2.75, 3.05) is 42.1 Å². The van der Waals surface area contributed by atoms with Crippen LogP contribution in [-0.4, -0.2) is 58.8 Å². The number of piperazine rings is 1. The van der Waals surface area contributed by atoms with E-state index in [9.17, 15) is 9.59 Å². The number of nitrogens with one attached hydrogen (secondary N) is 1. The summed E-state index contributed by atoms with van der Waals surface area (Å²) in [5, 5.41) is 11.3. The molecule has 3 aromatic rings. The van der Waals surface area contributed by atoms with Crippen LogP contribution in [0.4, 0.5) is 11.4 Å². The van der Waals surface area contributed by atoms with Crippen LogP contribution in [-0.2, 0) is 9.59 Å². The number of nitrogens with zero attached hydrogens (tertiary/aromatic N) is 4. The van der Waals surface area contributed by atoms with E-state index >= 15 is 0 Å². The Hall–Kier alpha value is -2.85. The van der Waals surface area contributed by atoms with Crippen molar-refractivity contribution < 1.29 is 14.0 Å². The second-order valence-corrected chi connectivity index (χ2v) is 11.0. The Morgan fingerprint density at radius 3 is 2.37 bits per heavy atom. The summed E-state index contributed by atoms with van der Waals surface area (Å²) in [5.41, 5.74) is 2.25. The van der Waals surface area contributed by atoms with Crippen molar-refractivity contribution in [3.8, 4) is 11.5 Å². The number of thioether (sulfide) groups is 1. The maximum Gasteiger partial charge on any atom is 0.277 e. The minimum absolute atomic E-state index is 0.155. The van der Waals surface area contributed by atoms with Crippen LogP contribution in [0.5, 0.6) is 0 Å². The molecule has 2 heterocycles. The minimum Gasteiger partial charge on any atom is -0.411 e. The first-order valence-electron chi connectivity index (χ1n) is 11.4. The Bertz CT molecular complexity index is 1180. The number of rotatable bonds is 6. The molecule has 0 saturated carbocycles. The molecular weight excluding hydrogens is 530 g/mol. The number of halogens is 1. The monoisotopic (exact) mass is 557 g/mol. The van der Waals surface area contributed by atoms with Gasteiger partial charge in [0, 0.05) is 47.4 Å². The fourth-order valence-corrected chi connectivity index (χ4v) is 4.75. The molecule has 1 aliphatic heterocycles. The lowest BCUT2D eigenvalue weighted by Gasteiger charge is -2.38. The summed E-state index contributed by atoms with van der Waals surface area (Å²) >= 11 is 4.66. The van der Waals surface area contributed by atoms with Crippen molar-refractivity contribution in [2.45, 2.75) is 26.0 Å². The van der Waals surface area contributed by atoms with Crippen LogP contribution in [0.1, 0.15) is 20.8 Å². The molecule has 1 saturated heterocycles. The van der Waals surface area contributed by atoms with Crippen molar-refractivity contribution in [1.82, 2.24) is 15.1 Å². The van der Waals surface area contributed by atoms with E-state index in [1.165, 1.54) is 11.8 Å². The van der Waals surface area contributed by atoms with E-state index in [0.29, 0.717) is 24.2 Å². The molecule has 2 aromatic carbocycles. The third-order valence-electron chi connectivity index (χ3n) is 5.56. The number of aromatic nitrogens is 2. The van der Waals surface area contributed by atoms with Crippen molar-refractivity contribution in [1.29, 1.82) is 0 Å².